The highest BCUT2D eigenvalue weighted by Crippen LogP contribution is 2.32. The van der Waals surface area contributed by atoms with E-state index in [1.807, 2.05) is 11.0 Å². The summed E-state index contributed by atoms with van der Waals surface area (Å²) in [6.45, 7) is 7.57. The first-order chi connectivity index (χ1) is 16.0. The van der Waals surface area contributed by atoms with Crippen LogP contribution in [0.25, 0.3) is 22.4 Å². The van der Waals surface area contributed by atoms with E-state index in [1.54, 1.807) is 31.5 Å². The zero-order valence-electron chi connectivity index (χ0n) is 19.0. The predicted octanol–water partition coefficient (Wildman–Crippen LogP) is 4.00. The molecule has 0 radical (unpaired) electrons. The van der Waals surface area contributed by atoms with Crippen molar-refractivity contribution in [2.75, 3.05) is 18.0 Å². The minimum absolute atomic E-state index is 0.00307. The van der Waals surface area contributed by atoms with Gasteiger partial charge in [-0.1, -0.05) is 17.7 Å². The minimum Gasteiger partial charge on any atom is -0.420 e. The molecule has 0 aliphatic carbocycles. The van der Waals surface area contributed by atoms with Gasteiger partial charge in [-0.25, -0.2) is 4.98 Å². The Bertz CT molecular complexity index is 1310. The Morgan fingerprint density at radius 3 is 2.70 bits per heavy atom. The fourth-order valence-electron chi connectivity index (χ4n) is 4.55. The van der Waals surface area contributed by atoms with Crippen LogP contribution in [0, 0.1) is 20.8 Å². The van der Waals surface area contributed by atoms with Crippen molar-refractivity contribution in [1.82, 2.24) is 25.5 Å². The molecule has 1 aromatic carbocycles. The molecular weight excluding hydrogens is 416 g/mol. The second-order valence-electron chi connectivity index (χ2n) is 8.55. The molecule has 8 nitrogen and oxygen atoms in total. The van der Waals surface area contributed by atoms with Crippen molar-refractivity contribution in [3.8, 4) is 11.6 Å². The van der Waals surface area contributed by atoms with Gasteiger partial charge in [0.2, 0.25) is 5.89 Å². The van der Waals surface area contributed by atoms with E-state index in [-0.39, 0.29) is 11.9 Å². The number of fused-ring (bicyclic) bond motifs is 1. The van der Waals surface area contributed by atoms with E-state index in [2.05, 4.69) is 46.5 Å². The second kappa shape index (κ2) is 8.71. The quantitative estimate of drug-likeness (QED) is 0.510. The maximum Gasteiger partial charge on any atom is 0.266 e. The van der Waals surface area contributed by atoms with Crippen LogP contribution < -0.4 is 10.2 Å². The van der Waals surface area contributed by atoms with Crippen molar-refractivity contribution >= 4 is 22.5 Å². The third-order valence-corrected chi connectivity index (χ3v) is 6.02. The lowest BCUT2D eigenvalue weighted by atomic mass is 10.00. The Hall–Kier alpha value is -3.65. The van der Waals surface area contributed by atoms with Gasteiger partial charge in [-0.2, -0.15) is 0 Å². The zero-order valence-corrected chi connectivity index (χ0v) is 19.0. The van der Waals surface area contributed by atoms with Crippen LogP contribution in [0.1, 0.15) is 40.2 Å². The molecule has 1 atom stereocenters. The maximum absolute atomic E-state index is 13.9. The van der Waals surface area contributed by atoms with Crippen molar-refractivity contribution in [2.45, 2.75) is 39.7 Å². The Morgan fingerprint density at radius 1 is 1.12 bits per heavy atom. The molecule has 1 aliphatic heterocycles. The van der Waals surface area contributed by atoms with E-state index >= 15 is 0 Å². The molecule has 1 unspecified atom stereocenters. The van der Waals surface area contributed by atoms with Crippen molar-refractivity contribution in [3.63, 3.8) is 0 Å². The lowest BCUT2D eigenvalue weighted by molar-refractivity contribution is 0.0971. The number of pyridine rings is 2. The largest absolute Gasteiger partial charge is 0.420 e. The number of rotatable bonds is 4. The summed E-state index contributed by atoms with van der Waals surface area (Å²) in [4.78, 5) is 24.9. The van der Waals surface area contributed by atoms with Gasteiger partial charge in [-0.05, 0) is 62.4 Å². The average Bonchev–Trinajstić information content (AvgIpc) is 3.26. The molecule has 0 bridgehead atoms. The van der Waals surface area contributed by atoms with E-state index < -0.39 is 0 Å². The van der Waals surface area contributed by atoms with Gasteiger partial charge in [0.15, 0.2) is 0 Å². The third kappa shape index (κ3) is 4.09. The van der Waals surface area contributed by atoms with Crippen LogP contribution in [-0.4, -0.2) is 45.2 Å². The molecule has 1 N–H and O–H groups in total. The maximum atomic E-state index is 13.9. The molecule has 1 aliphatic rings. The summed E-state index contributed by atoms with van der Waals surface area (Å²) in [5.74, 6) is 1.38. The van der Waals surface area contributed by atoms with Crippen LogP contribution in [0.2, 0.25) is 0 Å². The molecule has 0 saturated carbocycles. The van der Waals surface area contributed by atoms with E-state index in [9.17, 15) is 4.79 Å². The SMILES string of the molecule is Cc1cc(C)c2c(N(C(=O)c3ccc(-c4nnc(C)o4)nc3)C3CCCNC3)nccc2c1. The number of nitrogens with one attached hydrogen (secondary N) is 1. The summed E-state index contributed by atoms with van der Waals surface area (Å²) in [6, 6.07) is 9.78. The molecule has 168 valence electrons. The summed E-state index contributed by atoms with van der Waals surface area (Å²) in [7, 11) is 0. The van der Waals surface area contributed by atoms with Crippen LogP contribution in [0.4, 0.5) is 5.82 Å². The number of hydrogen-bond acceptors (Lipinski definition) is 7. The normalized spacial score (nSPS) is 16.2. The summed E-state index contributed by atoms with van der Waals surface area (Å²) >= 11 is 0. The summed E-state index contributed by atoms with van der Waals surface area (Å²) < 4.78 is 5.45. The standard InChI is InChI=1S/C25H26N6O2/c1-15-11-16(2)22-18(12-15)8-10-27-23(22)31(20-5-4-9-26-14-20)25(32)19-6-7-21(28-13-19)24-30-29-17(3)33-24/h6-8,10-13,20,26H,4-5,9,14H2,1-3H3. The van der Waals surface area contributed by atoms with E-state index in [4.69, 9.17) is 9.40 Å². The smallest absolute Gasteiger partial charge is 0.266 e. The topological polar surface area (TPSA) is 97.0 Å². The number of aromatic nitrogens is 4. The number of benzene rings is 1. The van der Waals surface area contributed by atoms with Crippen LogP contribution in [0.15, 0.2) is 47.1 Å². The summed E-state index contributed by atoms with van der Waals surface area (Å²) in [5, 5.41) is 13.4. The molecule has 4 heterocycles. The van der Waals surface area contributed by atoms with Crippen molar-refractivity contribution < 1.29 is 9.21 Å². The molecule has 5 rings (SSSR count). The fourth-order valence-corrected chi connectivity index (χ4v) is 4.55. The van der Waals surface area contributed by atoms with Crippen molar-refractivity contribution in [2.24, 2.45) is 0 Å². The molecule has 1 fully saturated rings. The lowest BCUT2D eigenvalue weighted by Crippen LogP contribution is -2.49. The van der Waals surface area contributed by atoms with Gasteiger partial charge in [-0.3, -0.25) is 14.7 Å². The van der Waals surface area contributed by atoms with Crippen LogP contribution >= 0.6 is 0 Å². The number of carbonyl (C=O) groups excluding carboxylic acids is 1. The van der Waals surface area contributed by atoms with Gasteiger partial charge in [-0.15, -0.1) is 10.2 Å². The number of piperidine rings is 1. The Morgan fingerprint density at radius 2 is 2.00 bits per heavy atom. The Balaban J connectivity index is 1.58. The molecule has 33 heavy (non-hydrogen) atoms. The third-order valence-electron chi connectivity index (χ3n) is 6.02. The molecular formula is C25H26N6O2. The van der Waals surface area contributed by atoms with E-state index in [0.29, 0.717) is 28.9 Å². The molecule has 1 amide bonds. The molecule has 1 saturated heterocycles. The highest BCUT2D eigenvalue weighted by Gasteiger charge is 2.30. The molecule has 4 aromatic rings. The fraction of sp³-hybridized carbons (Fsp3) is 0.320. The lowest BCUT2D eigenvalue weighted by Gasteiger charge is -2.35. The van der Waals surface area contributed by atoms with Gasteiger partial charge >= 0.3 is 0 Å². The van der Waals surface area contributed by atoms with Crippen LogP contribution in [0.5, 0.6) is 0 Å². The van der Waals surface area contributed by atoms with Gasteiger partial charge in [0.1, 0.15) is 11.5 Å². The van der Waals surface area contributed by atoms with E-state index in [1.165, 1.54) is 5.56 Å². The van der Waals surface area contributed by atoms with Gasteiger partial charge < -0.3 is 9.73 Å². The number of aryl methyl sites for hydroxylation is 3. The highest BCUT2D eigenvalue weighted by molar-refractivity contribution is 6.10. The Labute approximate surface area is 192 Å². The summed E-state index contributed by atoms with van der Waals surface area (Å²) in [6.07, 6.45) is 5.27. The second-order valence-corrected chi connectivity index (χ2v) is 8.55. The molecule has 8 heteroatoms. The van der Waals surface area contributed by atoms with E-state index in [0.717, 1.165) is 42.3 Å². The molecule has 0 spiro atoms. The number of hydrogen-bond donors (Lipinski definition) is 1. The zero-order chi connectivity index (χ0) is 22.9. The first-order valence-corrected chi connectivity index (χ1v) is 11.2. The number of amides is 1. The van der Waals surface area contributed by atoms with Crippen LogP contribution in [-0.2, 0) is 0 Å². The monoisotopic (exact) mass is 442 g/mol. The average molecular weight is 443 g/mol. The highest BCUT2D eigenvalue weighted by atomic mass is 16.4. The van der Waals surface area contributed by atoms with Gasteiger partial charge in [0, 0.05) is 31.2 Å². The first kappa shape index (κ1) is 21.2. The van der Waals surface area contributed by atoms with Gasteiger partial charge in [0.25, 0.3) is 11.8 Å². The summed E-state index contributed by atoms with van der Waals surface area (Å²) in [5.41, 5.74) is 3.32. The number of nitrogens with zero attached hydrogens (tertiary/aromatic N) is 5. The minimum atomic E-state index is -0.121. The Kier molecular flexibility index (Phi) is 5.60. The van der Waals surface area contributed by atoms with Crippen molar-refractivity contribution in [1.29, 1.82) is 0 Å². The van der Waals surface area contributed by atoms with Gasteiger partial charge in [0.05, 0.1) is 11.6 Å². The number of anilines is 1. The first-order valence-electron chi connectivity index (χ1n) is 11.2. The van der Waals surface area contributed by atoms with Crippen LogP contribution in [0.3, 0.4) is 0 Å². The molecule has 3 aromatic heterocycles. The number of carbonyl (C=O) groups is 1. The van der Waals surface area contributed by atoms with Crippen molar-refractivity contribution in [3.05, 3.63) is 65.3 Å². The predicted molar refractivity (Wildman–Crippen MR) is 126 cm³/mol.